The standard InChI is InChI=1S/C12H19N3O/c1-9(2)11-7-12(15-8-14-11)16-10-3-5-13-6-4-10/h7-10,13H,3-6H2,1-2H3. The van der Waals surface area contributed by atoms with Gasteiger partial charge >= 0.3 is 0 Å². The molecular weight excluding hydrogens is 202 g/mol. The maximum Gasteiger partial charge on any atom is 0.216 e. The molecule has 0 unspecified atom stereocenters. The highest BCUT2D eigenvalue weighted by atomic mass is 16.5. The van der Waals surface area contributed by atoms with Crippen molar-refractivity contribution in [3.8, 4) is 5.88 Å². The molecule has 0 atom stereocenters. The molecule has 0 aromatic carbocycles. The number of hydrogen-bond acceptors (Lipinski definition) is 4. The maximum absolute atomic E-state index is 5.86. The summed E-state index contributed by atoms with van der Waals surface area (Å²) in [5, 5.41) is 3.32. The molecule has 16 heavy (non-hydrogen) atoms. The molecule has 4 nitrogen and oxygen atoms in total. The van der Waals surface area contributed by atoms with Crippen LogP contribution >= 0.6 is 0 Å². The van der Waals surface area contributed by atoms with Gasteiger partial charge in [-0.2, -0.15) is 0 Å². The molecule has 1 N–H and O–H groups in total. The average Bonchev–Trinajstić information content (AvgIpc) is 2.30. The van der Waals surface area contributed by atoms with E-state index in [0.29, 0.717) is 17.9 Å². The monoisotopic (exact) mass is 221 g/mol. The summed E-state index contributed by atoms with van der Waals surface area (Å²) >= 11 is 0. The minimum Gasteiger partial charge on any atom is -0.474 e. The fourth-order valence-electron chi connectivity index (χ4n) is 1.82. The van der Waals surface area contributed by atoms with Crippen LogP contribution in [0.1, 0.15) is 38.3 Å². The van der Waals surface area contributed by atoms with Gasteiger partial charge in [-0.05, 0) is 31.8 Å². The number of hydrogen-bond donors (Lipinski definition) is 1. The third-order valence-corrected chi connectivity index (χ3v) is 2.83. The summed E-state index contributed by atoms with van der Waals surface area (Å²) in [6.45, 7) is 6.31. The van der Waals surface area contributed by atoms with Gasteiger partial charge in [0.25, 0.3) is 0 Å². The summed E-state index contributed by atoms with van der Waals surface area (Å²) in [4.78, 5) is 8.39. The van der Waals surface area contributed by atoms with Crippen molar-refractivity contribution >= 4 is 0 Å². The molecule has 1 aromatic heterocycles. The second-order valence-corrected chi connectivity index (χ2v) is 4.50. The van der Waals surface area contributed by atoms with Crippen LogP contribution in [0.3, 0.4) is 0 Å². The third kappa shape index (κ3) is 2.92. The van der Waals surface area contributed by atoms with Crippen molar-refractivity contribution in [2.24, 2.45) is 0 Å². The van der Waals surface area contributed by atoms with Crippen molar-refractivity contribution in [2.45, 2.75) is 38.7 Å². The molecule has 2 rings (SSSR count). The van der Waals surface area contributed by atoms with Crippen molar-refractivity contribution in [2.75, 3.05) is 13.1 Å². The highest BCUT2D eigenvalue weighted by Crippen LogP contribution is 2.18. The van der Waals surface area contributed by atoms with E-state index in [4.69, 9.17) is 4.74 Å². The fourth-order valence-corrected chi connectivity index (χ4v) is 1.82. The molecule has 1 fully saturated rings. The van der Waals surface area contributed by atoms with Crippen molar-refractivity contribution in [1.82, 2.24) is 15.3 Å². The zero-order valence-electron chi connectivity index (χ0n) is 9.94. The molecule has 1 saturated heterocycles. The number of rotatable bonds is 3. The van der Waals surface area contributed by atoms with Crippen LogP contribution in [0.4, 0.5) is 0 Å². The van der Waals surface area contributed by atoms with E-state index < -0.39 is 0 Å². The molecule has 88 valence electrons. The van der Waals surface area contributed by atoms with Crippen LogP contribution < -0.4 is 10.1 Å². The quantitative estimate of drug-likeness (QED) is 0.844. The zero-order valence-corrected chi connectivity index (χ0v) is 9.94. The molecule has 0 aliphatic carbocycles. The number of nitrogens with zero attached hydrogens (tertiary/aromatic N) is 2. The Bertz CT molecular complexity index is 335. The van der Waals surface area contributed by atoms with Crippen LogP contribution in [0.2, 0.25) is 0 Å². The van der Waals surface area contributed by atoms with Gasteiger partial charge in [-0.25, -0.2) is 9.97 Å². The van der Waals surface area contributed by atoms with Crippen LogP contribution in [-0.4, -0.2) is 29.2 Å². The van der Waals surface area contributed by atoms with Gasteiger partial charge in [-0.15, -0.1) is 0 Å². The van der Waals surface area contributed by atoms with Gasteiger partial charge in [-0.1, -0.05) is 13.8 Å². The van der Waals surface area contributed by atoms with Gasteiger partial charge in [-0.3, -0.25) is 0 Å². The lowest BCUT2D eigenvalue weighted by Crippen LogP contribution is -2.34. The van der Waals surface area contributed by atoms with Gasteiger partial charge in [0.1, 0.15) is 12.4 Å². The lowest BCUT2D eigenvalue weighted by molar-refractivity contribution is 0.155. The molecule has 1 aliphatic rings. The van der Waals surface area contributed by atoms with Gasteiger partial charge in [0.15, 0.2) is 0 Å². The zero-order chi connectivity index (χ0) is 11.4. The Morgan fingerprint density at radius 2 is 2.06 bits per heavy atom. The molecule has 0 radical (unpaired) electrons. The summed E-state index contributed by atoms with van der Waals surface area (Å²) in [6, 6.07) is 1.95. The van der Waals surface area contributed by atoms with E-state index in [1.807, 2.05) is 6.07 Å². The smallest absolute Gasteiger partial charge is 0.216 e. The van der Waals surface area contributed by atoms with E-state index in [1.165, 1.54) is 0 Å². The number of ether oxygens (including phenoxy) is 1. The highest BCUT2D eigenvalue weighted by Gasteiger charge is 2.15. The second-order valence-electron chi connectivity index (χ2n) is 4.50. The Morgan fingerprint density at radius 3 is 2.75 bits per heavy atom. The van der Waals surface area contributed by atoms with Gasteiger partial charge in [0, 0.05) is 6.07 Å². The fraction of sp³-hybridized carbons (Fsp3) is 0.667. The third-order valence-electron chi connectivity index (χ3n) is 2.83. The van der Waals surface area contributed by atoms with E-state index >= 15 is 0 Å². The summed E-state index contributed by atoms with van der Waals surface area (Å²) in [5.41, 5.74) is 1.04. The first-order chi connectivity index (χ1) is 7.75. The average molecular weight is 221 g/mol. The van der Waals surface area contributed by atoms with Crippen LogP contribution in [0.15, 0.2) is 12.4 Å². The second kappa shape index (κ2) is 5.25. The highest BCUT2D eigenvalue weighted by molar-refractivity contribution is 5.16. The van der Waals surface area contributed by atoms with Crippen molar-refractivity contribution in [3.05, 3.63) is 18.1 Å². The Labute approximate surface area is 96.4 Å². The van der Waals surface area contributed by atoms with Crippen LogP contribution in [0.5, 0.6) is 5.88 Å². The molecular formula is C12H19N3O. The SMILES string of the molecule is CC(C)c1cc(OC2CCNCC2)ncn1. The molecule has 1 aromatic rings. The van der Waals surface area contributed by atoms with Crippen LogP contribution in [-0.2, 0) is 0 Å². The minimum absolute atomic E-state index is 0.302. The molecule has 0 spiro atoms. The first-order valence-electron chi connectivity index (χ1n) is 5.95. The summed E-state index contributed by atoms with van der Waals surface area (Å²) in [6.07, 6.45) is 4.00. The Kier molecular flexibility index (Phi) is 3.72. The van der Waals surface area contributed by atoms with E-state index in [9.17, 15) is 0 Å². The predicted molar refractivity (Wildman–Crippen MR) is 62.6 cm³/mol. The maximum atomic E-state index is 5.86. The molecule has 0 bridgehead atoms. The molecule has 0 saturated carbocycles. The largest absolute Gasteiger partial charge is 0.474 e. The molecule has 4 heteroatoms. The van der Waals surface area contributed by atoms with E-state index in [-0.39, 0.29) is 0 Å². The Balaban J connectivity index is 2.00. The normalized spacial score (nSPS) is 17.7. The topological polar surface area (TPSA) is 47.0 Å². The van der Waals surface area contributed by atoms with E-state index in [1.54, 1.807) is 6.33 Å². The molecule has 1 aliphatic heterocycles. The van der Waals surface area contributed by atoms with Gasteiger partial charge in [0.2, 0.25) is 5.88 Å². The van der Waals surface area contributed by atoms with Crippen molar-refractivity contribution in [3.63, 3.8) is 0 Å². The number of nitrogens with one attached hydrogen (secondary N) is 1. The number of piperidine rings is 1. The van der Waals surface area contributed by atoms with Crippen molar-refractivity contribution < 1.29 is 4.74 Å². The summed E-state index contributed by atoms with van der Waals surface area (Å²) < 4.78 is 5.86. The van der Waals surface area contributed by atoms with Gasteiger partial charge in [0.05, 0.1) is 5.69 Å². The first kappa shape index (κ1) is 11.3. The Hall–Kier alpha value is -1.16. The van der Waals surface area contributed by atoms with Crippen molar-refractivity contribution in [1.29, 1.82) is 0 Å². The van der Waals surface area contributed by atoms with Gasteiger partial charge < -0.3 is 10.1 Å². The predicted octanol–water partition coefficient (Wildman–Crippen LogP) is 1.73. The molecule has 0 amide bonds. The van der Waals surface area contributed by atoms with E-state index in [0.717, 1.165) is 31.6 Å². The first-order valence-corrected chi connectivity index (χ1v) is 5.95. The summed E-state index contributed by atoms with van der Waals surface area (Å²) in [5.74, 6) is 1.13. The van der Waals surface area contributed by atoms with Crippen LogP contribution in [0.25, 0.3) is 0 Å². The Morgan fingerprint density at radius 1 is 1.31 bits per heavy atom. The summed E-state index contributed by atoms with van der Waals surface area (Å²) in [7, 11) is 0. The number of aromatic nitrogens is 2. The lowest BCUT2D eigenvalue weighted by Gasteiger charge is -2.23. The van der Waals surface area contributed by atoms with Crippen LogP contribution in [0, 0.1) is 0 Å². The minimum atomic E-state index is 0.302. The molecule has 2 heterocycles. The lowest BCUT2D eigenvalue weighted by atomic mass is 10.1. The van der Waals surface area contributed by atoms with E-state index in [2.05, 4.69) is 29.1 Å².